The van der Waals surface area contributed by atoms with Gasteiger partial charge in [0.2, 0.25) is 0 Å². The summed E-state index contributed by atoms with van der Waals surface area (Å²) in [5, 5.41) is 14.1. The summed E-state index contributed by atoms with van der Waals surface area (Å²) in [5.41, 5.74) is 0. The van der Waals surface area contributed by atoms with Gasteiger partial charge in [-0.15, -0.1) is 0 Å². The molecular formula is C7H16N2O2. The van der Waals surface area contributed by atoms with Crippen LogP contribution in [-0.2, 0) is 0 Å². The van der Waals surface area contributed by atoms with Crippen LogP contribution in [0.2, 0.25) is 0 Å². The van der Waals surface area contributed by atoms with Gasteiger partial charge in [-0.25, -0.2) is 4.79 Å². The third-order valence-electron chi connectivity index (χ3n) is 1.47. The largest absolute Gasteiger partial charge is 0.391 e. The Labute approximate surface area is 67.0 Å². The van der Waals surface area contributed by atoms with Crippen molar-refractivity contribution < 1.29 is 9.90 Å². The van der Waals surface area contributed by atoms with Crippen LogP contribution in [0.5, 0.6) is 0 Å². The van der Waals surface area contributed by atoms with Gasteiger partial charge in [0.1, 0.15) is 0 Å². The number of hydrogen-bond donors (Lipinski definition) is 3. The average Bonchev–Trinajstić information content (AvgIpc) is 1.99. The van der Waals surface area contributed by atoms with Crippen LogP contribution in [0.3, 0.4) is 0 Å². The van der Waals surface area contributed by atoms with Crippen LogP contribution in [0.15, 0.2) is 0 Å². The van der Waals surface area contributed by atoms with E-state index in [2.05, 4.69) is 10.6 Å². The van der Waals surface area contributed by atoms with Crippen molar-refractivity contribution in [1.82, 2.24) is 10.6 Å². The zero-order chi connectivity index (χ0) is 8.85. The number of carbonyl (C=O) groups excluding carboxylic acids is 1. The fraction of sp³-hybridized carbons (Fsp3) is 0.857. The number of urea groups is 1. The predicted octanol–water partition coefficient (Wildman–Crippen LogP) is -0.0677. The highest BCUT2D eigenvalue weighted by molar-refractivity contribution is 5.73. The van der Waals surface area contributed by atoms with Crippen LogP contribution in [-0.4, -0.2) is 30.8 Å². The standard InChI is InChI=1S/C7H16N2O2/c1-5(2)6(10)4-9-7(11)8-3/h5-6,10H,4H2,1-3H3,(H2,8,9,11). The van der Waals surface area contributed by atoms with E-state index in [1.165, 1.54) is 7.05 Å². The molecule has 66 valence electrons. The molecule has 0 aliphatic rings. The van der Waals surface area contributed by atoms with Crippen LogP contribution in [0.1, 0.15) is 13.8 Å². The topological polar surface area (TPSA) is 61.4 Å². The van der Waals surface area contributed by atoms with E-state index in [1.807, 2.05) is 13.8 Å². The number of amides is 2. The lowest BCUT2D eigenvalue weighted by atomic mass is 10.1. The Morgan fingerprint density at radius 3 is 2.45 bits per heavy atom. The first-order valence-electron chi connectivity index (χ1n) is 3.71. The first kappa shape index (κ1) is 10.2. The van der Waals surface area contributed by atoms with Crippen LogP contribution < -0.4 is 10.6 Å². The second-order valence-corrected chi connectivity index (χ2v) is 2.77. The Morgan fingerprint density at radius 2 is 2.09 bits per heavy atom. The van der Waals surface area contributed by atoms with Gasteiger partial charge >= 0.3 is 6.03 Å². The molecule has 4 nitrogen and oxygen atoms in total. The maximum Gasteiger partial charge on any atom is 0.314 e. The summed E-state index contributed by atoms with van der Waals surface area (Å²) < 4.78 is 0. The van der Waals surface area contributed by atoms with E-state index in [-0.39, 0.29) is 11.9 Å². The molecule has 2 amide bonds. The minimum Gasteiger partial charge on any atom is -0.391 e. The average molecular weight is 160 g/mol. The monoisotopic (exact) mass is 160 g/mol. The molecule has 0 bridgehead atoms. The number of aliphatic hydroxyl groups is 1. The minimum absolute atomic E-state index is 0.173. The summed E-state index contributed by atoms with van der Waals surface area (Å²) in [7, 11) is 1.54. The smallest absolute Gasteiger partial charge is 0.314 e. The first-order valence-corrected chi connectivity index (χ1v) is 3.71. The summed E-state index contributed by atoms with van der Waals surface area (Å²) in [4.78, 5) is 10.6. The van der Waals surface area contributed by atoms with E-state index in [9.17, 15) is 9.90 Å². The maximum absolute atomic E-state index is 10.6. The Bertz CT molecular complexity index is 126. The molecule has 0 aromatic carbocycles. The summed E-state index contributed by atoms with van der Waals surface area (Å²) in [6.45, 7) is 4.10. The van der Waals surface area contributed by atoms with E-state index in [4.69, 9.17) is 0 Å². The van der Waals surface area contributed by atoms with Crippen LogP contribution in [0, 0.1) is 5.92 Å². The van der Waals surface area contributed by atoms with Crippen molar-refractivity contribution in [3.63, 3.8) is 0 Å². The number of carbonyl (C=O) groups is 1. The molecule has 1 unspecified atom stereocenters. The van der Waals surface area contributed by atoms with E-state index in [0.29, 0.717) is 6.54 Å². The normalized spacial score (nSPS) is 12.8. The molecule has 0 saturated heterocycles. The van der Waals surface area contributed by atoms with Crippen molar-refractivity contribution in [3.05, 3.63) is 0 Å². The van der Waals surface area contributed by atoms with Crippen molar-refractivity contribution in [2.75, 3.05) is 13.6 Å². The van der Waals surface area contributed by atoms with Crippen LogP contribution in [0.4, 0.5) is 4.79 Å². The molecule has 0 rings (SSSR count). The molecule has 0 aliphatic carbocycles. The molecule has 0 aromatic heterocycles. The fourth-order valence-corrected chi connectivity index (χ4v) is 0.521. The third kappa shape index (κ3) is 4.61. The maximum atomic E-state index is 10.6. The number of nitrogens with one attached hydrogen (secondary N) is 2. The zero-order valence-electron chi connectivity index (χ0n) is 7.22. The summed E-state index contributed by atoms with van der Waals surface area (Å²) in [6.07, 6.45) is -0.465. The van der Waals surface area contributed by atoms with Crippen molar-refractivity contribution in [1.29, 1.82) is 0 Å². The molecule has 4 heteroatoms. The van der Waals surface area contributed by atoms with E-state index >= 15 is 0 Å². The summed E-state index contributed by atoms with van der Waals surface area (Å²) in [6, 6.07) is -0.260. The molecule has 1 atom stereocenters. The van der Waals surface area contributed by atoms with Crippen molar-refractivity contribution in [2.45, 2.75) is 20.0 Å². The van der Waals surface area contributed by atoms with Gasteiger partial charge in [0.05, 0.1) is 6.10 Å². The van der Waals surface area contributed by atoms with Crippen LogP contribution in [0.25, 0.3) is 0 Å². The molecule has 0 saturated carbocycles. The molecule has 0 fully saturated rings. The van der Waals surface area contributed by atoms with E-state index in [1.54, 1.807) is 0 Å². The zero-order valence-corrected chi connectivity index (χ0v) is 7.22. The molecule has 0 aliphatic heterocycles. The summed E-state index contributed by atoms with van der Waals surface area (Å²) in [5.74, 6) is 0.173. The number of hydrogen-bond acceptors (Lipinski definition) is 2. The minimum atomic E-state index is -0.465. The number of aliphatic hydroxyl groups excluding tert-OH is 1. The fourth-order valence-electron chi connectivity index (χ4n) is 0.521. The summed E-state index contributed by atoms with van der Waals surface area (Å²) >= 11 is 0. The Hall–Kier alpha value is -0.770. The molecule has 0 radical (unpaired) electrons. The molecule has 3 N–H and O–H groups in total. The second kappa shape index (κ2) is 4.96. The molecule has 11 heavy (non-hydrogen) atoms. The van der Waals surface area contributed by atoms with Gasteiger partial charge in [0, 0.05) is 13.6 Å². The quantitative estimate of drug-likeness (QED) is 0.541. The Morgan fingerprint density at radius 1 is 1.55 bits per heavy atom. The lowest BCUT2D eigenvalue weighted by molar-refractivity contribution is 0.125. The van der Waals surface area contributed by atoms with Gasteiger partial charge < -0.3 is 15.7 Å². The van der Waals surface area contributed by atoms with Gasteiger partial charge in [0.15, 0.2) is 0 Å². The van der Waals surface area contributed by atoms with E-state index in [0.717, 1.165) is 0 Å². The van der Waals surface area contributed by atoms with Gasteiger partial charge in [-0.1, -0.05) is 13.8 Å². The predicted molar refractivity (Wildman–Crippen MR) is 43.3 cm³/mol. The SMILES string of the molecule is CNC(=O)NCC(O)C(C)C. The second-order valence-electron chi connectivity index (χ2n) is 2.77. The Kier molecular flexibility index (Phi) is 4.61. The molecule has 0 heterocycles. The van der Waals surface area contributed by atoms with Crippen molar-refractivity contribution in [3.8, 4) is 0 Å². The van der Waals surface area contributed by atoms with Crippen LogP contribution >= 0.6 is 0 Å². The lowest BCUT2D eigenvalue weighted by Gasteiger charge is -2.14. The van der Waals surface area contributed by atoms with E-state index < -0.39 is 6.10 Å². The van der Waals surface area contributed by atoms with Gasteiger partial charge in [-0.05, 0) is 5.92 Å². The highest BCUT2D eigenvalue weighted by Crippen LogP contribution is 1.98. The molecular weight excluding hydrogens is 144 g/mol. The van der Waals surface area contributed by atoms with Gasteiger partial charge in [-0.3, -0.25) is 0 Å². The molecule has 0 aromatic rings. The lowest BCUT2D eigenvalue weighted by Crippen LogP contribution is -2.39. The highest BCUT2D eigenvalue weighted by atomic mass is 16.3. The van der Waals surface area contributed by atoms with Gasteiger partial charge in [-0.2, -0.15) is 0 Å². The van der Waals surface area contributed by atoms with Crippen molar-refractivity contribution >= 4 is 6.03 Å². The molecule has 0 spiro atoms. The first-order chi connectivity index (χ1) is 5.07. The third-order valence-corrected chi connectivity index (χ3v) is 1.47. The van der Waals surface area contributed by atoms with Crippen molar-refractivity contribution in [2.24, 2.45) is 5.92 Å². The highest BCUT2D eigenvalue weighted by Gasteiger charge is 2.09. The Balaban J connectivity index is 3.45. The number of rotatable bonds is 3. The van der Waals surface area contributed by atoms with Gasteiger partial charge in [0.25, 0.3) is 0 Å².